The van der Waals surface area contributed by atoms with Crippen molar-refractivity contribution in [2.24, 2.45) is 0 Å². The number of nitrogens with zero attached hydrogens (tertiary/aromatic N) is 3. The number of pyridine rings is 1. The second-order valence-corrected chi connectivity index (χ2v) is 10.7. The van der Waals surface area contributed by atoms with Gasteiger partial charge in [-0.25, -0.2) is 9.78 Å². The summed E-state index contributed by atoms with van der Waals surface area (Å²) in [7, 11) is 0. The van der Waals surface area contributed by atoms with Crippen molar-refractivity contribution in [1.29, 1.82) is 5.26 Å². The molecule has 1 atom stereocenters. The van der Waals surface area contributed by atoms with Crippen molar-refractivity contribution in [3.63, 3.8) is 0 Å². The molecule has 2 aromatic carbocycles. The molecular formula is C30H30ClN3O3. The van der Waals surface area contributed by atoms with E-state index >= 15 is 0 Å². The molecule has 4 rings (SSSR count). The van der Waals surface area contributed by atoms with Gasteiger partial charge in [0.2, 0.25) is 0 Å². The van der Waals surface area contributed by atoms with E-state index in [1.807, 2.05) is 71.9 Å². The van der Waals surface area contributed by atoms with Gasteiger partial charge in [0.15, 0.2) is 6.10 Å². The second kappa shape index (κ2) is 10.0. The summed E-state index contributed by atoms with van der Waals surface area (Å²) in [6.07, 6.45) is -1.21. The Kier molecular flexibility index (Phi) is 7.14. The number of aryl methyl sites for hydroxylation is 2. The molecule has 1 N–H and O–H groups in total. The lowest BCUT2D eigenvalue weighted by molar-refractivity contribution is -0.160. The minimum absolute atomic E-state index is 0.526. The molecule has 37 heavy (non-hydrogen) atoms. The maximum atomic E-state index is 12.6. The van der Waals surface area contributed by atoms with Crippen molar-refractivity contribution in [2.75, 3.05) is 0 Å². The first-order chi connectivity index (χ1) is 17.4. The van der Waals surface area contributed by atoms with E-state index in [4.69, 9.17) is 21.3 Å². The molecule has 0 bridgehead atoms. The van der Waals surface area contributed by atoms with Crippen LogP contribution in [-0.2, 0) is 16.1 Å². The number of carboxylic acid groups (broad SMARTS) is 1. The summed E-state index contributed by atoms with van der Waals surface area (Å²) in [6, 6.07) is 17.1. The number of aliphatic carboxylic acids is 1. The highest BCUT2D eigenvalue weighted by atomic mass is 35.5. The number of rotatable bonds is 6. The molecule has 7 heteroatoms. The summed E-state index contributed by atoms with van der Waals surface area (Å²) in [5, 5.41) is 21.1. The molecule has 0 saturated heterocycles. The third-order valence-corrected chi connectivity index (χ3v) is 6.72. The summed E-state index contributed by atoms with van der Waals surface area (Å²) < 4.78 is 8.22. The summed E-state index contributed by atoms with van der Waals surface area (Å²) in [4.78, 5) is 17.5. The Morgan fingerprint density at radius 2 is 1.84 bits per heavy atom. The molecule has 0 aliphatic heterocycles. The molecule has 190 valence electrons. The first kappa shape index (κ1) is 26.4. The molecule has 0 unspecified atom stereocenters. The molecule has 0 fully saturated rings. The van der Waals surface area contributed by atoms with E-state index < -0.39 is 17.7 Å². The average Bonchev–Trinajstić information content (AvgIpc) is 3.06. The molecule has 0 amide bonds. The van der Waals surface area contributed by atoms with E-state index in [0.29, 0.717) is 28.4 Å². The van der Waals surface area contributed by atoms with Gasteiger partial charge in [-0.1, -0.05) is 35.9 Å². The zero-order valence-corrected chi connectivity index (χ0v) is 22.6. The van der Waals surface area contributed by atoms with Crippen molar-refractivity contribution in [1.82, 2.24) is 9.55 Å². The Hall–Kier alpha value is -3.66. The van der Waals surface area contributed by atoms with Crippen LogP contribution in [0.1, 0.15) is 60.5 Å². The molecule has 0 radical (unpaired) electrons. The topological polar surface area (TPSA) is 88.1 Å². The number of ether oxygens (including phenoxy) is 1. The van der Waals surface area contributed by atoms with Crippen LogP contribution in [0.4, 0.5) is 0 Å². The van der Waals surface area contributed by atoms with Gasteiger partial charge in [0.25, 0.3) is 0 Å². The third-order valence-electron chi connectivity index (χ3n) is 6.47. The van der Waals surface area contributed by atoms with E-state index in [2.05, 4.69) is 10.6 Å². The zero-order valence-electron chi connectivity index (χ0n) is 21.9. The molecule has 0 saturated carbocycles. The minimum atomic E-state index is -1.21. The normalized spacial score (nSPS) is 12.5. The quantitative estimate of drug-likeness (QED) is 0.294. The van der Waals surface area contributed by atoms with Gasteiger partial charge < -0.3 is 14.4 Å². The number of hydrogen-bond donors (Lipinski definition) is 1. The highest BCUT2D eigenvalue weighted by Crippen LogP contribution is 2.42. The molecule has 6 nitrogen and oxygen atoms in total. The van der Waals surface area contributed by atoms with Crippen molar-refractivity contribution in [3.05, 3.63) is 87.2 Å². The molecule has 2 aromatic heterocycles. The molecule has 2 heterocycles. The van der Waals surface area contributed by atoms with Crippen LogP contribution >= 0.6 is 11.6 Å². The number of hydrogen-bond acceptors (Lipinski definition) is 4. The summed E-state index contributed by atoms with van der Waals surface area (Å²) >= 11 is 6.21. The van der Waals surface area contributed by atoms with Gasteiger partial charge in [-0.2, -0.15) is 5.26 Å². The highest BCUT2D eigenvalue weighted by Gasteiger charge is 2.33. The predicted octanol–water partition coefficient (Wildman–Crippen LogP) is 7.14. The summed E-state index contributed by atoms with van der Waals surface area (Å²) in [5.74, 6) is -1.07. The largest absolute Gasteiger partial charge is 0.479 e. The number of fused-ring (bicyclic) bond motifs is 1. The number of halogens is 1. The second-order valence-electron chi connectivity index (χ2n) is 10.2. The van der Waals surface area contributed by atoms with E-state index in [1.54, 1.807) is 18.2 Å². The highest BCUT2D eigenvalue weighted by molar-refractivity contribution is 6.30. The van der Waals surface area contributed by atoms with Gasteiger partial charge in [-0.15, -0.1) is 0 Å². The lowest BCUT2D eigenvalue weighted by atomic mass is 9.91. The summed E-state index contributed by atoms with van der Waals surface area (Å²) in [6.45, 7) is 11.9. The lowest BCUT2D eigenvalue weighted by Crippen LogP contribution is -2.28. The Morgan fingerprint density at radius 3 is 2.43 bits per heavy atom. The van der Waals surface area contributed by atoms with Crippen LogP contribution in [0.5, 0.6) is 0 Å². The fourth-order valence-electron chi connectivity index (χ4n) is 4.73. The van der Waals surface area contributed by atoms with Crippen LogP contribution in [0.3, 0.4) is 0 Å². The van der Waals surface area contributed by atoms with Crippen LogP contribution in [0.15, 0.2) is 48.5 Å². The van der Waals surface area contributed by atoms with Gasteiger partial charge in [-0.3, -0.25) is 0 Å². The molecule has 0 aliphatic rings. The first-order valence-corrected chi connectivity index (χ1v) is 12.4. The molecule has 0 spiro atoms. The SMILES string of the molecule is Cc1nc2c(c(C)c(C)n2Cc2cccc(C#N)c2)c(-c2ccc(Cl)cc2)c1[C@H](OC(C)(C)C)C(=O)O. The van der Waals surface area contributed by atoms with Crippen molar-refractivity contribution >= 4 is 28.6 Å². The van der Waals surface area contributed by atoms with Crippen LogP contribution in [0, 0.1) is 32.1 Å². The Morgan fingerprint density at radius 1 is 1.16 bits per heavy atom. The van der Waals surface area contributed by atoms with Crippen LogP contribution in [-0.4, -0.2) is 26.2 Å². The van der Waals surface area contributed by atoms with Crippen molar-refractivity contribution < 1.29 is 14.6 Å². The van der Waals surface area contributed by atoms with Gasteiger partial charge in [0.1, 0.15) is 5.65 Å². The monoisotopic (exact) mass is 515 g/mol. The number of benzene rings is 2. The van der Waals surface area contributed by atoms with Crippen LogP contribution in [0.25, 0.3) is 22.2 Å². The van der Waals surface area contributed by atoms with Gasteiger partial charge in [-0.05, 0) is 82.5 Å². The lowest BCUT2D eigenvalue weighted by Gasteiger charge is -2.28. The third kappa shape index (κ3) is 5.24. The molecule has 0 aliphatic carbocycles. The maximum Gasteiger partial charge on any atom is 0.337 e. The zero-order chi connectivity index (χ0) is 27.1. The number of nitriles is 1. The number of aromatic nitrogens is 2. The van der Waals surface area contributed by atoms with Crippen LogP contribution in [0.2, 0.25) is 5.02 Å². The van der Waals surface area contributed by atoms with E-state index in [1.165, 1.54) is 0 Å². The number of carboxylic acids is 1. The Bertz CT molecular complexity index is 1540. The fraction of sp³-hybridized carbons (Fsp3) is 0.300. The van der Waals surface area contributed by atoms with E-state index in [0.717, 1.165) is 39.0 Å². The molecular weight excluding hydrogens is 486 g/mol. The Labute approximate surface area is 222 Å². The minimum Gasteiger partial charge on any atom is -0.479 e. The standard InChI is InChI=1S/C30H30ClN3O3/c1-17-19(3)34(16-21-9-7-8-20(14-21)15-32)28-24(17)26(22-10-12-23(31)13-11-22)25(18(2)33-28)27(29(35)36)37-30(4,5)6/h7-14,27H,16H2,1-6H3,(H,35,36)/t27-/m0/s1. The maximum absolute atomic E-state index is 12.6. The van der Waals surface area contributed by atoms with Crippen molar-refractivity contribution in [2.45, 2.75) is 59.8 Å². The van der Waals surface area contributed by atoms with Crippen molar-refractivity contribution in [3.8, 4) is 17.2 Å². The number of carbonyl (C=O) groups is 1. The van der Waals surface area contributed by atoms with Gasteiger partial charge in [0, 0.05) is 39.5 Å². The van der Waals surface area contributed by atoms with Crippen LogP contribution < -0.4 is 0 Å². The average molecular weight is 516 g/mol. The predicted molar refractivity (Wildman–Crippen MR) is 146 cm³/mol. The van der Waals surface area contributed by atoms with Gasteiger partial charge >= 0.3 is 5.97 Å². The van der Waals surface area contributed by atoms with Gasteiger partial charge in [0.05, 0.1) is 17.2 Å². The Balaban J connectivity index is 2.06. The fourth-order valence-corrected chi connectivity index (χ4v) is 4.86. The first-order valence-electron chi connectivity index (χ1n) is 12.1. The molecule has 4 aromatic rings. The summed E-state index contributed by atoms with van der Waals surface area (Å²) in [5.41, 5.74) is 6.39. The van der Waals surface area contributed by atoms with E-state index in [9.17, 15) is 15.2 Å². The van der Waals surface area contributed by atoms with E-state index in [-0.39, 0.29) is 0 Å². The smallest absolute Gasteiger partial charge is 0.337 e.